The summed E-state index contributed by atoms with van der Waals surface area (Å²) in [6, 6.07) is 8.79. The smallest absolute Gasteiger partial charge is 0.119 e. The maximum absolute atomic E-state index is 5.87. The van der Waals surface area contributed by atoms with Crippen molar-refractivity contribution in [2.75, 3.05) is 33.4 Å². The van der Waals surface area contributed by atoms with Crippen molar-refractivity contribution in [1.29, 1.82) is 0 Å². The molecule has 0 aliphatic carbocycles. The van der Waals surface area contributed by atoms with Crippen molar-refractivity contribution in [2.24, 2.45) is 5.73 Å². The van der Waals surface area contributed by atoms with E-state index >= 15 is 0 Å². The Morgan fingerprint density at radius 1 is 1.33 bits per heavy atom. The molecule has 0 bridgehead atoms. The van der Waals surface area contributed by atoms with Crippen LogP contribution in [0, 0.1) is 0 Å². The van der Waals surface area contributed by atoms with Crippen molar-refractivity contribution in [3.63, 3.8) is 0 Å². The van der Waals surface area contributed by atoms with E-state index in [4.69, 9.17) is 15.2 Å². The number of methoxy groups -OCH3 is 1. The fraction of sp³-hybridized carbons (Fsp3) is 0.647. The Balaban J connectivity index is 1.83. The summed E-state index contributed by atoms with van der Waals surface area (Å²) in [6.07, 6.45) is 3.59. The molecule has 1 unspecified atom stereocenters. The molecule has 2 rings (SSSR count). The fourth-order valence-electron chi connectivity index (χ4n) is 2.88. The maximum atomic E-state index is 5.87. The van der Waals surface area contributed by atoms with Crippen LogP contribution in [-0.2, 0) is 4.74 Å². The van der Waals surface area contributed by atoms with Gasteiger partial charge in [0, 0.05) is 25.7 Å². The molecular formula is C17H28N2O2. The van der Waals surface area contributed by atoms with E-state index in [9.17, 15) is 0 Å². The molecule has 1 aromatic carbocycles. The van der Waals surface area contributed by atoms with Crippen LogP contribution >= 0.6 is 0 Å². The van der Waals surface area contributed by atoms with Gasteiger partial charge in [0.2, 0.25) is 0 Å². The molecule has 1 aromatic rings. The van der Waals surface area contributed by atoms with E-state index in [2.05, 4.69) is 30.0 Å². The largest absolute Gasteiger partial charge is 0.497 e. The Bertz CT molecular complexity index is 417. The third-order valence-corrected chi connectivity index (χ3v) is 4.30. The third-order valence-electron chi connectivity index (χ3n) is 4.30. The lowest BCUT2D eigenvalue weighted by molar-refractivity contribution is -0.000763. The molecule has 1 fully saturated rings. The molecule has 0 radical (unpaired) electrons. The highest BCUT2D eigenvalue weighted by Crippen LogP contribution is 2.27. The summed E-state index contributed by atoms with van der Waals surface area (Å²) in [6.45, 7) is 5.96. The van der Waals surface area contributed by atoms with Gasteiger partial charge in [-0.15, -0.1) is 0 Å². The molecule has 1 saturated heterocycles. The summed E-state index contributed by atoms with van der Waals surface area (Å²) < 4.78 is 11.2. The Morgan fingerprint density at radius 2 is 2.10 bits per heavy atom. The first-order valence-electron chi connectivity index (χ1n) is 7.94. The summed E-state index contributed by atoms with van der Waals surface area (Å²) in [5.41, 5.74) is 6.81. The summed E-state index contributed by atoms with van der Waals surface area (Å²) >= 11 is 0. The Kier molecular flexibility index (Phi) is 6.49. The third kappa shape index (κ3) is 4.70. The summed E-state index contributed by atoms with van der Waals surface area (Å²) in [5.74, 6) is 0.930. The second-order valence-electron chi connectivity index (χ2n) is 5.70. The van der Waals surface area contributed by atoms with Crippen LogP contribution in [0.4, 0.5) is 0 Å². The molecule has 1 aliphatic rings. The van der Waals surface area contributed by atoms with E-state index in [1.807, 2.05) is 6.07 Å². The Hall–Kier alpha value is -1.10. The maximum Gasteiger partial charge on any atom is 0.119 e. The van der Waals surface area contributed by atoms with Crippen LogP contribution in [0.5, 0.6) is 5.75 Å². The molecule has 0 amide bonds. The summed E-state index contributed by atoms with van der Waals surface area (Å²) in [7, 11) is 1.72. The Morgan fingerprint density at radius 3 is 2.76 bits per heavy atom. The van der Waals surface area contributed by atoms with Gasteiger partial charge in [-0.2, -0.15) is 0 Å². The van der Waals surface area contributed by atoms with E-state index in [1.54, 1.807) is 7.11 Å². The molecule has 4 heteroatoms. The minimum atomic E-state index is 0.408. The van der Waals surface area contributed by atoms with Crippen molar-refractivity contribution in [3.05, 3.63) is 29.8 Å². The molecule has 21 heavy (non-hydrogen) atoms. The van der Waals surface area contributed by atoms with E-state index in [0.29, 0.717) is 18.7 Å². The molecule has 1 atom stereocenters. The second-order valence-corrected chi connectivity index (χ2v) is 5.70. The zero-order valence-corrected chi connectivity index (χ0v) is 13.3. The summed E-state index contributed by atoms with van der Waals surface area (Å²) in [5, 5.41) is 0. The number of hydrogen-bond donors (Lipinski definition) is 1. The second kappa shape index (κ2) is 8.37. The van der Waals surface area contributed by atoms with Gasteiger partial charge in [0.15, 0.2) is 0 Å². The average Bonchev–Trinajstić information content (AvgIpc) is 2.55. The molecule has 1 aliphatic heterocycles. The zero-order valence-electron chi connectivity index (χ0n) is 13.3. The van der Waals surface area contributed by atoms with Crippen molar-refractivity contribution < 1.29 is 9.47 Å². The monoisotopic (exact) mass is 292 g/mol. The van der Waals surface area contributed by atoms with Crippen molar-refractivity contribution >= 4 is 0 Å². The van der Waals surface area contributed by atoms with E-state index in [0.717, 1.165) is 44.7 Å². The number of nitrogens with zero attached hydrogens (tertiary/aromatic N) is 1. The lowest BCUT2D eigenvalue weighted by Gasteiger charge is -2.36. The number of ether oxygens (including phenoxy) is 2. The number of piperidine rings is 1. The molecule has 2 N–H and O–H groups in total. The quantitative estimate of drug-likeness (QED) is 0.785. The van der Waals surface area contributed by atoms with Crippen LogP contribution in [-0.4, -0.2) is 44.4 Å². The number of nitrogens with two attached hydrogens (primary N) is 1. The van der Waals surface area contributed by atoms with Crippen molar-refractivity contribution in [2.45, 2.75) is 38.3 Å². The van der Waals surface area contributed by atoms with E-state index in [1.165, 1.54) is 5.56 Å². The molecule has 0 aromatic heterocycles. The highest BCUT2D eigenvalue weighted by atomic mass is 16.5. The first kappa shape index (κ1) is 16.3. The topological polar surface area (TPSA) is 47.7 Å². The van der Waals surface area contributed by atoms with Crippen LogP contribution in [0.25, 0.3) is 0 Å². The zero-order chi connectivity index (χ0) is 15.1. The van der Waals surface area contributed by atoms with Crippen molar-refractivity contribution in [3.8, 4) is 5.75 Å². The molecule has 118 valence electrons. The first-order valence-corrected chi connectivity index (χ1v) is 7.94. The van der Waals surface area contributed by atoms with Gasteiger partial charge in [-0.05, 0) is 50.4 Å². The van der Waals surface area contributed by atoms with Crippen LogP contribution < -0.4 is 10.5 Å². The Labute approximate surface area is 128 Å². The van der Waals surface area contributed by atoms with Gasteiger partial charge < -0.3 is 15.2 Å². The molecule has 4 nitrogen and oxygen atoms in total. The number of likely N-dealkylation sites (tertiary alicyclic amines) is 1. The van der Waals surface area contributed by atoms with Gasteiger partial charge >= 0.3 is 0 Å². The standard InChI is InChI=1S/C17H28N2O2/c1-14(15-5-3-6-17(13-15)20-2)19-10-7-16(8-11-19)21-12-4-9-18/h3,5-6,13-14,16H,4,7-12,18H2,1-2H3. The van der Waals surface area contributed by atoms with Crippen LogP contribution in [0.2, 0.25) is 0 Å². The summed E-state index contributed by atoms with van der Waals surface area (Å²) in [4.78, 5) is 2.53. The van der Waals surface area contributed by atoms with Gasteiger partial charge in [-0.25, -0.2) is 0 Å². The van der Waals surface area contributed by atoms with Gasteiger partial charge in [0.1, 0.15) is 5.75 Å². The molecule has 0 spiro atoms. The first-order chi connectivity index (χ1) is 10.2. The van der Waals surface area contributed by atoms with Crippen LogP contribution in [0.15, 0.2) is 24.3 Å². The highest BCUT2D eigenvalue weighted by molar-refractivity contribution is 5.30. The predicted octanol–water partition coefficient (Wildman–Crippen LogP) is 2.59. The minimum absolute atomic E-state index is 0.408. The average molecular weight is 292 g/mol. The van der Waals surface area contributed by atoms with Gasteiger partial charge in [-0.3, -0.25) is 4.90 Å². The van der Waals surface area contributed by atoms with Crippen LogP contribution in [0.1, 0.15) is 37.8 Å². The van der Waals surface area contributed by atoms with Gasteiger partial charge in [0.25, 0.3) is 0 Å². The highest BCUT2D eigenvalue weighted by Gasteiger charge is 2.23. The van der Waals surface area contributed by atoms with E-state index < -0.39 is 0 Å². The minimum Gasteiger partial charge on any atom is -0.497 e. The molecule has 1 heterocycles. The lowest BCUT2D eigenvalue weighted by atomic mass is 10.0. The van der Waals surface area contributed by atoms with Crippen LogP contribution in [0.3, 0.4) is 0 Å². The fourth-order valence-corrected chi connectivity index (χ4v) is 2.88. The number of rotatable bonds is 7. The number of hydrogen-bond acceptors (Lipinski definition) is 4. The number of benzene rings is 1. The van der Waals surface area contributed by atoms with Gasteiger partial charge in [0.05, 0.1) is 13.2 Å². The predicted molar refractivity (Wildman–Crippen MR) is 85.6 cm³/mol. The normalized spacial score (nSPS) is 18.6. The lowest BCUT2D eigenvalue weighted by Crippen LogP contribution is -2.38. The SMILES string of the molecule is COc1cccc(C(C)N2CCC(OCCCN)CC2)c1. The van der Waals surface area contributed by atoms with Crippen molar-refractivity contribution in [1.82, 2.24) is 4.90 Å². The molecule has 0 saturated carbocycles. The van der Waals surface area contributed by atoms with E-state index in [-0.39, 0.29) is 0 Å². The van der Waals surface area contributed by atoms with Gasteiger partial charge in [-0.1, -0.05) is 12.1 Å². The molecular weight excluding hydrogens is 264 g/mol.